The van der Waals surface area contributed by atoms with E-state index in [-0.39, 0.29) is 4.90 Å². The lowest BCUT2D eigenvalue weighted by Gasteiger charge is -2.15. The van der Waals surface area contributed by atoms with Crippen molar-refractivity contribution in [3.8, 4) is 5.75 Å². The Morgan fingerprint density at radius 1 is 1.36 bits per heavy atom. The van der Waals surface area contributed by atoms with Gasteiger partial charge in [-0.25, -0.2) is 17.5 Å². The van der Waals surface area contributed by atoms with E-state index in [1.165, 1.54) is 32.1 Å². The summed E-state index contributed by atoms with van der Waals surface area (Å²) in [6.07, 6.45) is 3.51. The molecule has 122 valence electrons. The Morgan fingerprint density at radius 2 is 2.14 bits per heavy atom. The number of benzene rings is 1. The molecule has 1 saturated carbocycles. The van der Waals surface area contributed by atoms with Gasteiger partial charge in [0.1, 0.15) is 16.5 Å². The number of nitrogens with zero attached hydrogens (tertiary/aromatic N) is 1. The molecule has 22 heavy (non-hydrogen) atoms. The van der Waals surface area contributed by atoms with Gasteiger partial charge in [-0.15, -0.1) is 0 Å². The molecule has 1 aromatic rings. The first kappa shape index (κ1) is 15.7. The smallest absolute Gasteiger partial charge is 0.243 e. The molecule has 1 saturated heterocycles. The Balaban J connectivity index is 1.61. The number of ether oxygens (including phenoxy) is 1. The van der Waals surface area contributed by atoms with Crippen molar-refractivity contribution in [2.45, 2.75) is 30.2 Å². The summed E-state index contributed by atoms with van der Waals surface area (Å²) in [4.78, 5) is 2.10. The molecule has 0 amide bonds. The van der Waals surface area contributed by atoms with Crippen LogP contribution in [-0.4, -0.2) is 46.1 Å². The minimum atomic E-state index is -3.82. The van der Waals surface area contributed by atoms with Gasteiger partial charge in [-0.1, -0.05) is 0 Å². The van der Waals surface area contributed by atoms with Gasteiger partial charge in [0.25, 0.3) is 0 Å². The van der Waals surface area contributed by atoms with Gasteiger partial charge in [0.05, 0.1) is 7.11 Å². The lowest BCUT2D eigenvalue weighted by molar-refractivity contribution is 0.314. The van der Waals surface area contributed by atoms with Crippen LogP contribution >= 0.6 is 0 Å². The Hall–Kier alpha value is -1.18. The number of hydrogen-bond acceptors (Lipinski definition) is 4. The first-order valence-electron chi connectivity index (χ1n) is 7.57. The molecule has 3 rings (SSSR count). The zero-order chi connectivity index (χ0) is 15.7. The molecular weight excluding hydrogens is 307 g/mol. The summed E-state index contributed by atoms with van der Waals surface area (Å²) in [6.45, 7) is 2.32. The summed E-state index contributed by atoms with van der Waals surface area (Å²) in [5, 5.41) is 0. The number of likely N-dealkylation sites (tertiary alicyclic amines) is 1. The van der Waals surface area contributed by atoms with Crippen molar-refractivity contribution in [2.24, 2.45) is 5.92 Å². The maximum absolute atomic E-state index is 13.9. The predicted molar refractivity (Wildman–Crippen MR) is 80.8 cm³/mol. The Labute approximate surface area is 130 Å². The number of rotatable bonds is 6. The zero-order valence-corrected chi connectivity index (χ0v) is 13.4. The normalized spacial score (nSPS) is 22.9. The quantitative estimate of drug-likeness (QED) is 0.862. The van der Waals surface area contributed by atoms with Gasteiger partial charge in [-0.2, -0.15) is 0 Å². The molecule has 1 atom stereocenters. The highest BCUT2D eigenvalue weighted by atomic mass is 32.2. The van der Waals surface area contributed by atoms with Gasteiger partial charge >= 0.3 is 0 Å². The van der Waals surface area contributed by atoms with Crippen molar-refractivity contribution < 1.29 is 17.5 Å². The van der Waals surface area contributed by atoms with Gasteiger partial charge in [0.15, 0.2) is 0 Å². The molecule has 5 nitrogen and oxygen atoms in total. The van der Waals surface area contributed by atoms with E-state index in [9.17, 15) is 12.8 Å². The van der Waals surface area contributed by atoms with Crippen LogP contribution in [0.5, 0.6) is 5.75 Å². The molecule has 2 aliphatic rings. The third kappa shape index (κ3) is 3.42. The largest absolute Gasteiger partial charge is 0.497 e. The lowest BCUT2D eigenvalue weighted by atomic mass is 10.1. The van der Waals surface area contributed by atoms with Crippen molar-refractivity contribution in [3.63, 3.8) is 0 Å². The first-order chi connectivity index (χ1) is 10.5. The molecule has 1 N–H and O–H groups in total. The van der Waals surface area contributed by atoms with Crippen LogP contribution in [0.25, 0.3) is 0 Å². The molecule has 2 fully saturated rings. The number of hydrogen-bond donors (Lipinski definition) is 1. The van der Waals surface area contributed by atoms with E-state index in [2.05, 4.69) is 9.62 Å². The van der Waals surface area contributed by atoms with E-state index >= 15 is 0 Å². The molecule has 1 aliphatic heterocycles. The van der Waals surface area contributed by atoms with Crippen molar-refractivity contribution in [2.75, 3.05) is 26.7 Å². The summed E-state index contributed by atoms with van der Waals surface area (Å²) < 4.78 is 45.8. The number of nitrogens with one attached hydrogen (secondary N) is 1. The van der Waals surface area contributed by atoms with Crippen LogP contribution in [0, 0.1) is 11.7 Å². The Bertz CT molecular complexity index is 646. The van der Waals surface area contributed by atoms with E-state index in [4.69, 9.17) is 4.74 Å². The number of sulfonamides is 1. The summed E-state index contributed by atoms with van der Waals surface area (Å²) in [7, 11) is -2.41. The van der Waals surface area contributed by atoms with Crippen LogP contribution in [0.1, 0.15) is 19.3 Å². The van der Waals surface area contributed by atoms with Crippen molar-refractivity contribution >= 4 is 10.0 Å². The highest BCUT2D eigenvalue weighted by Gasteiger charge is 2.34. The molecule has 1 aliphatic carbocycles. The highest BCUT2D eigenvalue weighted by molar-refractivity contribution is 7.89. The second-order valence-corrected chi connectivity index (χ2v) is 7.76. The third-order valence-corrected chi connectivity index (χ3v) is 5.83. The lowest BCUT2D eigenvalue weighted by Crippen LogP contribution is -2.32. The van der Waals surface area contributed by atoms with E-state index in [1.54, 1.807) is 0 Å². The minimum Gasteiger partial charge on any atom is -0.497 e. The van der Waals surface area contributed by atoms with Crippen LogP contribution in [0.15, 0.2) is 23.1 Å². The first-order valence-corrected chi connectivity index (χ1v) is 9.05. The minimum absolute atomic E-state index is 0.298. The molecule has 7 heteroatoms. The van der Waals surface area contributed by atoms with Gasteiger partial charge < -0.3 is 9.64 Å². The van der Waals surface area contributed by atoms with Crippen LogP contribution in [0.2, 0.25) is 0 Å². The zero-order valence-electron chi connectivity index (χ0n) is 12.6. The summed E-state index contributed by atoms with van der Waals surface area (Å²) in [5.74, 6) is -0.193. The fourth-order valence-electron chi connectivity index (χ4n) is 2.93. The van der Waals surface area contributed by atoms with Crippen LogP contribution in [0.4, 0.5) is 4.39 Å². The number of methoxy groups -OCH3 is 1. The molecule has 0 unspecified atom stereocenters. The van der Waals surface area contributed by atoms with Crippen molar-refractivity contribution in [1.82, 2.24) is 9.62 Å². The van der Waals surface area contributed by atoms with Gasteiger partial charge in [0, 0.05) is 25.2 Å². The van der Waals surface area contributed by atoms with E-state index in [0.717, 1.165) is 25.6 Å². The predicted octanol–water partition coefficient (Wildman–Crippen LogP) is 1.60. The standard InChI is InChI=1S/C15H21FN2O3S/c1-21-13-4-5-15(14(16)8-13)22(19,20)17-9-11-6-7-18(10-11)12-2-3-12/h4-5,8,11-12,17H,2-3,6-7,9-10H2,1H3/t11-/m0/s1. The monoisotopic (exact) mass is 328 g/mol. The van der Waals surface area contributed by atoms with Crippen molar-refractivity contribution in [1.29, 1.82) is 0 Å². The fourth-order valence-corrected chi connectivity index (χ4v) is 4.11. The molecule has 0 radical (unpaired) electrons. The number of halogens is 1. The van der Waals surface area contributed by atoms with Crippen LogP contribution < -0.4 is 9.46 Å². The van der Waals surface area contributed by atoms with Gasteiger partial charge in [-0.3, -0.25) is 0 Å². The molecule has 0 spiro atoms. The second kappa shape index (κ2) is 6.14. The van der Waals surface area contributed by atoms with Gasteiger partial charge in [0.2, 0.25) is 10.0 Å². The fraction of sp³-hybridized carbons (Fsp3) is 0.600. The third-order valence-electron chi connectivity index (χ3n) is 4.37. The molecule has 0 aromatic heterocycles. The molecular formula is C15H21FN2O3S. The van der Waals surface area contributed by atoms with Crippen LogP contribution in [0.3, 0.4) is 0 Å². The van der Waals surface area contributed by atoms with E-state index in [0.29, 0.717) is 24.3 Å². The van der Waals surface area contributed by atoms with Gasteiger partial charge in [-0.05, 0) is 43.9 Å². The van der Waals surface area contributed by atoms with E-state index < -0.39 is 15.8 Å². The summed E-state index contributed by atoms with van der Waals surface area (Å²) in [6, 6.07) is 4.48. The SMILES string of the molecule is COc1ccc(S(=O)(=O)NC[C@@H]2CCN(C3CC3)C2)c(F)c1. The average Bonchev–Trinajstić information content (AvgIpc) is 3.23. The maximum Gasteiger partial charge on any atom is 0.243 e. The van der Waals surface area contributed by atoms with Crippen LogP contribution in [-0.2, 0) is 10.0 Å². The Kier molecular flexibility index (Phi) is 4.38. The molecule has 0 bridgehead atoms. The highest BCUT2D eigenvalue weighted by Crippen LogP contribution is 2.31. The molecule has 1 heterocycles. The van der Waals surface area contributed by atoms with Crippen molar-refractivity contribution in [3.05, 3.63) is 24.0 Å². The average molecular weight is 328 g/mol. The molecule has 1 aromatic carbocycles. The Morgan fingerprint density at radius 3 is 2.77 bits per heavy atom. The summed E-state index contributed by atoms with van der Waals surface area (Å²) >= 11 is 0. The topological polar surface area (TPSA) is 58.6 Å². The summed E-state index contributed by atoms with van der Waals surface area (Å²) in [5.41, 5.74) is 0. The maximum atomic E-state index is 13.9. The van der Waals surface area contributed by atoms with E-state index in [1.807, 2.05) is 0 Å². The second-order valence-electron chi connectivity index (χ2n) is 6.03.